The van der Waals surface area contributed by atoms with Gasteiger partial charge in [-0.2, -0.15) is 0 Å². The molecule has 0 aliphatic carbocycles. The van der Waals surface area contributed by atoms with Crippen LogP contribution in [0.15, 0.2) is 78.9 Å². The van der Waals surface area contributed by atoms with Gasteiger partial charge in [-0.05, 0) is 66.4 Å². The molecule has 28 heavy (non-hydrogen) atoms. The number of aromatic nitrogens is 1. The van der Waals surface area contributed by atoms with Crippen LogP contribution in [-0.4, -0.2) is 15.9 Å². The smallest absolute Gasteiger partial charge is 0.211 e. The molecule has 0 fully saturated rings. The predicted molar refractivity (Wildman–Crippen MR) is 112 cm³/mol. The number of aryl methyl sites for hydroxylation is 2. The standard InChI is InChI=1S/C24H18ClNO2/c25-20-11-8-17(9-12-20)24(28)19-10-13-22-21(14-19)18(15-23(27)26-22)7-6-16-4-2-1-3-5-16/h1-5,8-15H,6-7H2,(H,26,27). The molecule has 4 heteroatoms. The van der Waals surface area contributed by atoms with Crippen molar-refractivity contribution in [2.45, 2.75) is 12.8 Å². The second-order valence-corrected chi connectivity index (χ2v) is 7.13. The van der Waals surface area contributed by atoms with E-state index in [0.29, 0.717) is 21.7 Å². The van der Waals surface area contributed by atoms with Crippen LogP contribution in [-0.2, 0) is 12.8 Å². The van der Waals surface area contributed by atoms with Gasteiger partial charge in [-0.25, -0.2) is 4.98 Å². The first kappa shape index (κ1) is 18.2. The van der Waals surface area contributed by atoms with Crippen molar-refractivity contribution >= 4 is 28.3 Å². The van der Waals surface area contributed by atoms with Crippen molar-refractivity contribution < 1.29 is 9.90 Å². The summed E-state index contributed by atoms with van der Waals surface area (Å²) in [5.74, 6) is -0.0759. The number of hydrogen-bond acceptors (Lipinski definition) is 3. The SMILES string of the molecule is O=C(c1ccc(Cl)cc1)c1ccc2nc(O)cc(CCc3ccccc3)c2c1. The molecule has 0 atom stereocenters. The summed E-state index contributed by atoms with van der Waals surface area (Å²) >= 11 is 5.92. The van der Waals surface area contributed by atoms with Crippen LogP contribution in [0.3, 0.4) is 0 Å². The molecule has 0 amide bonds. The van der Waals surface area contributed by atoms with Crippen LogP contribution < -0.4 is 0 Å². The zero-order valence-corrected chi connectivity index (χ0v) is 15.9. The molecular weight excluding hydrogens is 370 g/mol. The molecule has 0 saturated heterocycles. The molecule has 4 aromatic rings. The molecule has 0 aliphatic rings. The highest BCUT2D eigenvalue weighted by Crippen LogP contribution is 2.25. The Morgan fingerprint density at radius 2 is 1.57 bits per heavy atom. The number of aromatic hydroxyl groups is 1. The zero-order chi connectivity index (χ0) is 19.5. The summed E-state index contributed by atoms with van der Waals surface area (Å²) in [6.07, 6.45) is 1.59. The number of halogens is 1. The van der Waals surface area contributed by atoms with Crippen molar-refractivity contribution in [3.05, 3.63) is 106 Å². The lowest BCUT2D eigenvalue weighted by atomic mass is 9.97. The van der Waals surface area contributed by atoms with Gasteiger partial charge in [0.05, 0.1) is 5.52 Å². The van der Waals surface area contributed by atoms with Crippen LogP contribution in [0.2, 0.25) is 5.02 Å². The number of ketones is 1. The number of carbonyl (C=O) groups is 1. The fourth-order valence-electron chi connectivity index (χ4n) is 3.32. The molecule has 0 radical (unpaired) electrons. The van der Waals surface area contributed by atoms with E-state index in [2.05, 4.69) is 17.1 Å². The molecule has 0 bridgehead atoms. The highest BCUT2D eigenvalue weighted by atomic mass is 35.5. The third-order valence-electron chi connectivity index (χ3n) is 4.78. The first-order valence-corrected chi connectivity index (χ1v) is 9.45. The Hall–Kier alpha value is -3.17. The average molecular weight is 388 g/mol. The maximum absolute atomic E-state index is 12.8. The van der Waals surface area contributed by atoms with Crippen LogP contribution in [0.25, 0.3) is 10.9 Å². The van der Waals surface area contributed by atoms with E-state index < -0.39 is 0 Å². The average Bonchev–Trinajstić information content (AvgIpc) is 2.72. The molecule has 138 valence electrons. The maximum Gasteiger partial charge on any atom is 0.211 e. The topological polar surface area (TPSA) is 50.2 Å². The number of hydrogen-bond donors (Lipinski definition) is 1. The van der Waals surface area contributed by atoms with Gasteiger partial charge in [0.2, 0.25) is 5.88 Å². The first-order chi connectivity index (χ1) is 13.6. The molecule has 1 aromatic heterocycles. The third-order valence-corrected chi connectivity index (χ3v) is 5.03. The van der Waals surface area contributed by atoms with Gasteiger partial charge in [-0.3, -0.25) is 4.79 Å². The van der Waals surface area contributed by atoms with E-state index >= 15 is 0 Å². The molecule has 0 unspecified atom stereocenters. The Labute approximate surface area is 168 Å². The van der Waals surface area contributed by atoms with Gasteiger partial charge >= 0.3 is 0 Å². The minimum absolute atomic E-state index is 0.00709. The molecule has 1 heterocycles. The Bertz CT molecular complexity index is 1140. The second-order valence-electron chi connectivity index (χ2n) is 6.69. The first-order valence-electron chi connectivity index (χ1n) is 9.07. The van der Waals surface area contributed by atoms with E-state index in [1.807, 2.05) is 24.3 Å². The van der Waals surface area contributed by atoms with Gasteiger partial charge in [0.15, 0.2) is 5.78 Å². The van der Waals surface area contributed by atoms with Gasteiger partial charge in [0.25, 0.3) is 0 Å². The van der Waals surface area contributed by atoms with Gasteiger partial charge in [-0.15, -0.1) is 0 Å². The van der Waals surface area contributed by atoms with E-state index in [4.69, 9.17) is 11.6 Å². The van der Waals surface area contributed by atoms with Crippen LogP contribution in [0.4, 0.5) is 0 Å². The number of nitrogens with zero attached hydrogens (tertiary/aromatic N) is 1. The monoisotopic (exact) mass is 387 g/mol. The summed E-state index contributed by atoms with van der Waals surface area (Å²) in [6, 6.07) is 24.1. The van der Waals surface area contributed by atoms with Crippen molar-refractivity contribution in [1.82, 2.24) is 4.98 Å². The number of fused-ring (bicyclic) bond motifs is 1. The van der Waals surface area contributed by atoms with Gasteiger partial charge in [0, 0.05) is 27.6 Å². The fourth-order valence-corrected chi connectivity index (χ4v) is 3.45. The molecule has 1 N–H and O–H groups in total. The summed E-state index contributed by atoms with van der Waals surface area (Å²) in [6.45, 7) is 0. The molecule has 0 saturated carbocycles. The molecule has 4 rings (SSSR count). The summed E-state index contributed by atoms with van der Waals surface area (Å²) in [7, 11) is 0. The van der Waals surface area contributed by atoms with Gasteiger partial charge in [-0.1, -0.05) is 41.9 Å². The van der Waals surface area contributed by atoms with Crippen LogP contribution in [0.1, 0.15) is 27.0 Å². The van der Waals surface area contributed by atoms with E-state index in [0.717, 1.165) is 23.8 Å². The largest absolute Gasteiger partial charge is 0.493 e. The molecular formula is C24H18ClNO2. The summed E-state index contributed by atoms with van der Waals surface area (Å²) in [5.41, 5.74) is 4.04. The molecule has 3 aromatic carbocycles. The van der Waals surface area contributed by atoms with E-state index in [1.54, 1.807) is 42.5 Å². The minimum atomic E-state index is -0.0688. The highest BCUT2D eigenvalue weighted by Gasteiger charge is 2.13. The molecule has 0 aliphatic heterocycles. The van der Waals surface area contributed by atoms with Crippen LogP contribution in [0.5, 0.6) is 5.88 Å². The summed E-state index contributed by atoms with van der Waals surface area (Å²) in [4.78, 5) is 17.0. The number of carbonyl (C=O) groups excluding carboxylic acids is 1. The highest BCUT2D eigenvalue weighted by molar-refractivity contribution is 6.30. The summed E-state index contributed by atoms with van der Waals surface area (Å²) < 4.78 is 0. The Morgan fingerprint density at radius 1 is 0.857 bits per heavy atom. The van der Waals surface area contributed by atoms with E-state index in [1.165, 1.54) is 5.56 Å². The third kappa shape index (κ3) is 3.90. The maximum atomic E-state index is 12.8. The lowest BCUT2D eigenvalue weighted by Gasteiger charge is -2.09. The number of benzene rings is 3. The van der Waals surface area contributed by atoms with E-state index in [9.17, 15) is 9.90 Å². The van der Waals surface area contributed by atoms with E-state index in [-0.39, 0.29) is 11.7 Å². The quantitative estimate of drug-likeness (QED) is 0.453. The minimum Gasteiger partial charge on any atom is -0.493 e. The van der Waals surface area contributed by atoms with Gasteiger partial charge in [0.1, 0.15) is 0 Å². The van der Waals surface area contributed by atoms with Crippen molar-refractivity contribution in [2.75, 3.05) is 0 Å². The van der Waals surface area contributed by atoms with Crippen molar-refractivity contribution in [1.29, 1.82) is 0 Å². The lowest BCUT2D eigenvalue weighted by Crippen LogP contribution is -2.02. The van der Waals surface area contributed by atoms with Crippen molar-refractivity contribution in [2.24, 2.45) is 0 Å². The van der Waals surface area contributed by atoms with Crippen LogP contribution in [0, 0.1) is 0 Å². The number of rotatable bonds is 5. The Morgan fingerprint density at radius 3 is 2.32 bits per heavy atom. The lowest BCUT2D eigenvalue weighted by molar-refractivity contribution is 0.103. The molecule has 3 nitrogen and oxygen atoms in total. The summed E-state index contributed by atoms with van der Waals surface area (Å²) in [5, 5.41) is 11.5. The van der Waals surface area contributed by atoms with Crippen molar-refractivity contribution in [3.8, 4) is 5.88 Å². The Balaban J connectivity index is 1.70. The van der Waals surface area contributed by atoms with Crippen molar-refractivity contribution in [3.63, 3.8) is 0 Å². The number of pyridine rings is 1. The zero-order valence-electron chi connectivity index (χ0n) is 15.1. The Kier molecular flexibility index (Phi) is 5.09. The van der Waals surface area contributed by atoms with Gasteiger partial charge < -0.3 is 5.11 Å². The predicted octanol–water partition coefficient (Wildman–Crippen LogP) is 5.61. The molecule has 0 spiro atoms. The normalized spacial score (nSPS) is 10.9. The van der Waals surface area contributed by atoms with Crippen LogP contribution >= 0.6 is 11.6 Å². The second kappa shape index (κ2) is 7.83. The fraction of sp³-hybridized carbons (Fsp3) is 0.0833.